The van der Waals surface area contributed by atoms with Crippen LogP contribution in [0.3, 0.4) is 0 Å². The maximum absolute atomic E-state index is 12.2. The molecule has 0 spiro atoms. The van der Waals surface area contributed by atoms with E-state index in [-0.39, 0.29) is 11.6 Å². The highest BCUT2D eigenvalue weighted by molar-refractivity contribution is 7.98. The quantitative estimate of drug-likeness (QED) is 0.479. The Hall–Kier alpha value is -2.65. The fraction of sp³-hybridized carbons (Fsp3) is 0.263. The monoisotopic (exact) mass is 413 g/mol. The molecule has 1 N–H and O–H groups in total. The molecule has 0 fully saturated rings. The van der Waals surface area contributed by atoms with Crippen molar-refractivity contribution in [3.8, 4) is 17.1 Å². The van der Waals surface area contributed by atoms with E-state index in [0.29, 0.717) is 16.3 Å². The molecule has 0 aliphatic rings. The van der Waals surface area contributed by atoms with Gasteiger partial charge in [0.05, 0.1) is 18.4 Å². The molecule has 0 aliphatic carbocycles. The van der Waals surface area contributed by atoms with E-state index in [0.717, 1.165) is 27.8 Å². The van der Waals surface area contributed by atoms with Crippen LogP contribution in [-0.4, -0.2) is 31.8 Å². The standard InChI is InChI=1S/C19H19N5O2S2/c1-11(2)24-17(12-4-6-13(26-3)7-5-12)22-23-19(24)28-10-15-20-14-8-9-27-16(14)18(25)21-15/h4-9,11H,10H2,1-3H3,(H,20,21,25). The third-order valence-corrected chi connectivity index (χ3v) is 6.09. The zero-order chi connectivity index (χ0) is 19.7. The second-order valence-corrected chi connectivity index (χ2v) is 8.29. The Morgan fingerprint density at radius 1 is 1.21 bits per heavy atom. The number of thioether (sulfide) groups is 1. The third kappa shape index (κ3) is 3.55. The highest BCUT2D eigenvalue weighted by Crippen LogP contribution is 2.30. The lowest BCUT2D eigenvalue weighted by Gasteiger charge is -2.14. The van der Waals surface area contributed by atoms with E-state index < -0.39 is 0 Å². The molecule has 28 heavy (non-hydrogen) atoms. The van der Waals surface area contributed by atoms with Gasteiger partial charge in [0.15, 0.2) is 11.0 Å². The number of rotatable bonds is 6. The molecule has 0 bridgehead atoms. The zero-order valence-corrected chi connectivity index (χ0v) is 17.3. The Balaban J connectivity index is 1.62. The number of methoxy groups -OCH3 is 1. The van der Waals surface area contributed by atoms with Gasteiger partial charge in [-0.25, -0.2) is 4.98 Å². The van der Waals surface area contributed by atoms with Gasteiger partial charge in [0.25, 0.3) is 5.56 Å². The number of aromatic nitrogens is 5. The molecule has 4 aromatic rings. The number of hydrogen-bond acceptors (Lipinski definition) is 7. The van der Waals surface area contributed by atoms with Crippen LogP contribution in [0.4, 0.5) is 0 Å². The van der Waals surface area contributed by atoms with Crippen LogP contribution in [0.2, 0.25) is 0 Å². The lowest BCUT2D eigenvalue weighted by atomic mass is 10.2. The predicted molar refractivity (Wildman–Crippen MR) is 112 cm³/mol. The fourth-order valence-corrected chi connectivity index (χ4v) is 4.56. The molecular formula is C19H19N5O2S2. The second kappa shape index (κ2) is 7.76. The molecule has 0 saturated heterocycles. The van der Waals surface area contributed by atoms with Crippen molar-refractivity contribution in [2.45, 2.75) is 30.8 Å². The van der Waals surface area contributed by atoms with Crippen LogP contribution in [-0.2, 0) is 5.75 Å². The van der Waals surface area contributed by atoms with E-state index in [1.54, 1.807) is 7.11 Å². The van der Waals surface area contributed by atoms with Gasteiger partial charge in [-0.2, -0.15) is 0 Å². The van der Waals surface area contributed by atoms with E-state index in [1.165, 1.54) is 23.1 Å². The van der Waals surface area contributed by atoms with Crippen LogP contribution in [0, 0.1) is 0 Å². The van der Waals surface area contributed by atoms with Crippen LogP contribution in [0.1, 0.15) is 25.7 Å². The molecule has 7 nitrogen and oxygen atoms in total. The van der Waals surface area contributed by atoms with Gasteiger partial charge in [0.1, 0.15) is 16.3 Å². The highest BCUT2D eigenvalue weighted by atomic mass is 32.2. The number of thiophene rings is 1. The van der Waals surface area contributed by atoms with Gasteiger partial charge in [0.2, 0.25) is 0 Å². The summed E-state index contributed by atoms with van der Waals surface area (Å²) in [4.78, 5) is 19.5. The van der Waals surface area contributed by atoms with Crippen molar-refractivity contribution in [1.29, 1.82) is 0 Å². The maximum atomic E-state index is 12.2. The van der Waals surface area contributed by atoms with Gasteiger partial charge in [0, 0.05) is 11.6 Å². The van der Waals surface area contributed by atoms with Gasteiger partial charge in [-0.3, -0.25) is 9.36 Å². The summed E-state index contributed by atoms with van der Waals surface area (Å²) in [6, 6.07) is 9.81. The van der Waals surface area contributed by atoms with Gasteiger partial charge in [-0.15, -0.1) is 21.5 Å². The summed E-state index contributed by atoms with van der Waals surface area (Å²) >= 11 is 2.91. The molecule has 144 valence electrons. The van der Waals surface area contributed by atoms with Crippen molar-refractivity contribution in [1.82, 2.24) is 24.7 Å². The van der Waals surface area contributed by atoms with Crippen LogP contribution >= 0.6 is 23.1 Å². The summed E-state index contributed by atoms with van der Waals surface area (Å²) in [6.07, 6.45) is 0. The molecular weight excluding hydrogens is 394 g/mol. The van der Waals surface area contributed by atoms with E-state index in [2.05, 4.69) is 38.6 Å². The molecule has 0 aliphatic heterocycles. The van der Waals surface area contributed by atoms with Crippen molar-refractivity contribution < 1.29 is 4.74 Å². The highest BCUT2D eigenvalue weighted by Gasteiger charge is 2.17. The Bertz CT molecular complexity index is 1160. The first-order valence-corrected chi connectivity index (χ1v) is 10.6. The number of nitrogens with one attached hydrogen (secondary N) is 1. The first kappa shape index (κ1) is 18.7. The van der Waals surface area contributed by atoms with E-state index in [4.69, 9.17) is 4.74 Å². The average Bonchev–Trinajstić information content (AvgIpc) is 3.33. The zero-order valence-electron chi connectivity index (χ0n) is 15.7. The third-order valence-electron chi connectivity index (χ3n) is 4.23. The Morgan fingerprint density at radius 2 is 2.00 bits per heavy atom. The van der Waals surface area contributed by atoms with Gasteiger partial charge >= 0.3 is 0 Å². The largest absolute Gasteiger partial charge is 0.497 e. The number of hydrogen-bond donors (Lipinski definition) is 1. The van der Waals surface area contributed by atoms with E-state index >= 15 is 0 Å². The number of nitrogens with zero attached hydrogens (tertiary/aromatic N) is 4. The Kier molecular flexibility index (Phi) is 5.19. The molecule has 0 amide bonds. The number of aromatic amines is 1. The molecule has 3 heterocycles. The first-order valence-electron chi connectivity index (χ1n) is 8.75. The summed E-state index contributed by atoms with van der Waals surface area (Å²) in [5.74, 6) is 2.74. The van der Waals surface area contributed by atoms with E-state index in [9.17, 15) is 4.79 Å². The maximum Gasteiger partial charge on any atom is 0.268 e. The Morgan fingerprint density at radius 3 is 2.71 bits per heavy atom. The average molecular weight is 414 g/mol. The van der Waals surface area contributed by atoms with Gasteiger partial charge in [-0.1, -0.05) is 11.8 Å². The lowest BCUT2D eigenvalue weighted by molar-refractivity contribution is 0.415. The van der Waals surface area contributed by atoms with E-state index in [1.807, 2.05) is 35.7 Å². The predicted octanol–water partition coefficient (Wildman–Crippen LogP) is 4.12. The molecule has 1 aromatic carbocycles. The van der Waals surface area contributed by atoms with Crippen molar-refractivity contribution in [2.75, 3.05) is 7.11 Å². The van der Waals surface area contributed by atoms with Gasteiger partial charge < -0.3 is 9.72 Å². The molecule has 3 aromatic heterocycles. The van der Waals surface area contributed by atoms with Crippen molar-refractivity contribution in [3.05, 3.63) is 51.9 Å². The number of H-pyrrole nitrogens is 1. The molecule has 0 unspecified atom stereocenters. The second-order valence-electron chi connectivity index (χ2n) is 6.43. The van der Waals surface area contributed by atoms with Crippen LogP contribution in [0.5, 0.6) is 5.75 Å². The molecule has 4 rings (SSSR count). The van der Waals surface area contributed by atoms with Crippen molar-refractivity contribution in [3.63, 3.8) is 0 Å². The SMILES string of the molecule is COc1ccc(-c2nnc(SCc3nc4ccsc4c(=O)[nH]3)n2C(C)C)cc1. The minimum Gasteiger partial charge on any atom is -0.497 e. The minimum atomic E-state index is -0.0974. The van der Waals surface area contributed by atoms with Crippen LogP contribution in [0.25, 0.3) is 21.6 Å². The molecule has 0 saturated carbocycles. The summed E-state index contributed by atoms with van der Waals surface area (Å²) in [5, 5.41) is 11.4. The van der Waals surface area contributed by atoms with Crippen molar-refractivity contribution in [2.24, 2.45) is 0 Å². The minimum absolute atomic E-state index is 0.0974. The fourth-order valence-electron chi connectivity index (χ4n) is 2.90. The smallest absolute Gasteiger partial charge is 0.268 e. The van der Waals surface area contributed by atoms with Crippen LogP contribution < -0.4 is 10.3 Å². The summed E-state index contributed by atoms with van der Waals surface area (Å²) < 4.78 is 7.97. The van der Waals surface area contributed by atoms with Gasteiger partial charge in [-0.05, 0) is 49.6 Å². The molecule has 0 atom stereocenters. The summed E-state index contributed by atoms with van der Waals surface area (Å²) in [6.45, 7) is 4.19. The van der Waals surface area contributed by atoms with Crippen molar-refractivity contribution >= 4 is 33.3 Å². The van der Waals surface area contributed by atoms with Crippen LogP contribution in [0.15, 0.2) is 45.7 Å². The topological polar surface area (TPSA) is 85.7 Å². The summed E-state index contributed by atoms with van der Waals surface area (Å²) in [5.41, 5.74) is 1.61. The number of ether oxygens (including phenoxy) is 1. The number of fused-ring (bicyclic) bond motifs is 1. The Labute approximate surface area is 169 Å². The first-order chi connectivity index (χ1) is 13.6. The number of benzene rings is 1. The summed E-state index contributed by atoms with van der Waals surface area (Å²) in [7, 11) is 1.65. The normalized spacial score (nSPS) is 11.4. The molecule has 9 heteroatoms. The molecule has 0 radical (unpaired) electrons. The lowest BCUT2D eigenvalue weighted by Crippen LogP contribution is -2.10.